The second-order valence-corrected chi connectivity index (χ2v) is 9.26. The normalized spacial score (nSPS) is 24.5. The number of sulfone groups is 1. The highest BCUT2D eigenvalue weighted by Crippen LogP contribution is 2.23. The van der Waals surface area contributed by atoms with Crippen LogP contribution in [0.2, 0.25) is 0 Å². The van der Waals surface area contributed by atoms with Gasteiger partial charge in [-0.1, -0.05) is 6.07 Å². The standard InChI is InChI=1S/C15H19N3O4S2/c1-10(13-3-2-7-23-13)16-15(20)12-4-5-14(19)18(17-12)11-6-8-24(21,22)9-11/h2-3,7,10-11H,4-6,8-9H2,1H3,(H,16,20)/t10-,11+/m0/s1. The van der Waals surface area contributed by atoms with Crippen LogP contribution in [0.15, 0.2) is 22.6 Å². The van der Waals surface area contributed by atoms with Gasteiger partial charge in [-0.25, -0.2) is 13.4 Å². The lowest BCUT2D eigenvalue weighted by Gasteiger charge is -2.27. The molecule has 2 amide bonds. The molecular weight excluding hydrogens is 350 g/mol. The molecule has 2 aliphatic rings. The third kappa shape index (κ3) is 3.67. The molecule has 0 spiro atoms. The van der Waals surface area contributed by atoms with Crippen LogP contribution in [0.4, 0.5) is 0 Å². The van der Waals surface area contributed by atoms with Crippen molar-refractivity contribution in [1.29, 1.82) is 0 Å². The third-order valence-corrected chi connectivity index (χ3v) is 7.00. The summed E-state index contributed by atoms with van der Waals surface area (Å²) in [5.74, 6) is -0.550. The summed E-state index contributed by atoms with van der Waals surface area (Å²) in [4.78, 5) is 25.5. The van der Waals surface area contributed by atoms with Gasteiger partial charge in [-0.2, -0.15) is 5.10 Å². The van der Waals surface area contributed by atoms with Gasteiger partial charge in [-0.15, -0.1) is 11.3 Å². The number of nitrogens with one attached hydrogen (secondary N) is 1. The van der Waals surface area contributed by atoms with Gasteiger partial charge in [-0.3, -0.25) is 9.59 Å². The molecule has 9 heteroatoms. The summed E-state index contributed by atoms with van der Waals surface area (Å²) in [5.41, 5.74) is 0.280. The molecule has 1 aromatic heterocycles. The Morgan fingerprint density at radius 3 is 2.88 bits per heavy atom. The van der Waals surface area contributed by atoms with Crippen LogP contribution < -0.4 is 5.32 Å². The Balaban J connectivity index is 1.71. The average molecular weight is 369 g/mol. The van der Waals surface area contributed by atoms with E-state index >= 15 is 0 Å². The fraction of sp³-hybridized carbons (Fsp3) is 0.533. The van der Waals surface area contributed by atoms with Crippen LogP contribution in [-0.2, 0) is 19.4 Å². The zero-order valence-corrected chi connectivity index (χ0v) is 14.9. The Hall–Kier alpha value is -1.74. The van der Waals surface area contributed by atoms with Crippen molar-refractivity contribution < 1.29 is 18.0 Å². The highest BCUT2D eigenvalue weighted by atomic mass is 32.2. The molecule has 0 unspecified atom stereocenters. The molecule has 2 atom stereocenters. The first-order valence-electron chi connectivity index (χ1n) is 7.80. The minimum absolute atomic E-state index is 0.0634. The van der Waals surface area contributed by atoms with Gasteiger partial charge < -0.3 is 5.32 Å². The maximum Gasteiger partial charge on any atom is 0.268 e. The maximum atomic E-state index is 12.4. The van der Waals surface area contributed by atoms with Gasteiger partial charge in [0, 0.05) is 17.7 Å². The van der Waals surface area contributed by atoms with E-state index in [0.717, 1.165) is 4.88 Å². The number of hydrogen-bond acceptors (Lipinski definition) is 6. The quantitative estimate of drug-likeness (QED) is 0.859. The zero-order chi connectivity index (χ0) is 17.3. The van der Waals surface area contributed by atoms with Gasteiger partial charge in [0.1, 0.15) is 5.71 Å². The topological polar surface area (TPSA) is 95.9 Å². The lowest BCUT2D eigenvalue weighted by Crippen LogP contribution is -2.44. The predicted molar refractivity (Wildman–Crippen MR) is 91.5 cm³/mol. The molecule has 1 N–H and O–H groups in total. The first-order chi connectivity index (χ1) is 11.4. The van der Waals surface area contributed by atoms with Crippen molar-refractivity contribution in [3.63, 3.8) is 0 Å². The number of carbonyl (C=O) groups excluding carboxylic acids is 2. The molecule has 0 bridgehead atoms. The monoisotopic (exact) mass is 369 g/mol. The van der Waals surface area contributed by atoms with E-state index in [1.807, 2.05) is 24.4 Å². The van der Waals surface area contributed by atoms with Crippen molar-refractivity contribution >= 4 is 38.7 Å². The van der Waals surface area contributed by atoms with Crippen molar-refractivity contribution in [3.05, 3.63) is 22.4 Å². The molecule has 7 nitrogen and oxygen atoms in total. The van der Waals surface area contributed by atoms with Crippen molar-refractivity contribution in [2.45, 2.75) is 38.3 Å². The Bertz CT molecular complexity index is 771. The molecule has 2 aliphatic heterocycles. The van der Waals surface area contributed by atoms with E-state index in [-0.39, 0.29) is 47.9 Å². The van der Waals surface area contributed by atoms with Gasteiger partial charge in [0.15, 0.2) is 9.84 Å². The molecular formula is C15H19N3O4S2. The van der Waals surface area contributed by atoms with Gasteiger partial charge >= 0.3 is 0 Å². The summed E-state index contributed by atoms with van der Waals surface area (Å²) in [7, 11) is -3.12. The first-order valence-corrected chi connectivity index (χ1v) is 10.5. The van der Waals surface area contributed by atoms with Crippen LogP contribution in [0.5, 0.6) is 0 Å². The first kappa shape index (κ1) is 17.1. The summed E-state index contributed by atoms with van der Waals surface area (Å²) < 4.78 is 23.2. The van der Waals surface area contributed by atoms with E-state index in [4.69, 9.17) is 0 Å². The number of carbonyl (C=O) groups is 2. The molecule has 1 aromatic rings. The fourth-order valence-corrected chi connectivity index (χ4v) is 5.30. The van der Waals surface area contributed by atoms with E-state index < -0.39 is 15.9 Å². The van der Waals surface area contributed by atoms with Gasteiger partial charge in [0.25, 0.3) is 5.91 Å². The molecule has 1 fully saturated rings. The molecule has 0 aliphatic carbocycles. The Morgan fingerprint density at radius 2 is 2.25 bits per heavy atom. The lowest BCUT2D eigenvalue weighted by molar-refractivity contribution is -0.133. The lowest BCUT2D eigenvalue weighted by atomic mass is 10.1. The van der Waals surface area contributed by atoms with E-state index in [1.165, 1.54) is 5.01 Å². The van der Waals surface area contributed by atoms with Crippen LogP contribution in [0.1, 0.15) is 37.1 Å². The highest BCUT2D eigenvalue weighted by Gasteiger charge is 2.37. The smallest absolute Gasteiger partial charge is 0.268 e. The Labute approximate surface area is 144 Å². The van der Waals surface area contributed by atoms with Gasteiger partial charge in [0.05, 0.1) is 23.6 Å². The summed E-state index contributed by atoms with van der Waals surface area (Å²) in [6.07, 6.45) is 0.825. The minimum Gasteiger partial charge on any atom is -0.344 e. The molecule has 3 rings (SSSR count). The molecule has 0 radical (unpaired) electrons. The predicted octanol–water partition coefficient (Wildman–Crippen LogP) is 1.09. The third-order valence-electron chi connectivity index (χ3n) is 4.19. The number of hydrogen-bond donors (Lipinski definition) is 1. The number of rotatable bonds is 4. The number of nitrogens with zero attached hydrogens (tertiary/aromatic N) is 2. The van der Waals surface area contributed by atoms with Crippen LogP contribution in [-0.4, -0.2) is 48.5 Å². The summed E-state index contributed by atoms with van der Waals surface area (Å²) >= 11 is 1.55. The summed E-state index contributed by atoms with van der Waals surface area (Å²) in [6.45, 7) is 1.89. The summed E-state index contributed by atoms with van der Waals surface area (Å²) in [5, 5.41) is 10.2. The SMILES string of the molecule is C[C@H](NC(=O)C1=NN([C@@H]2CCS(=O)(=O)C2)C(=O)CC1)c1cccs1. The molecule has 24 heavy (non-hydrogen) atoms. The van der Waals surface area contributed by atoms with Crippen molar-refractivity contribution in [2.75, 3.05) is 11.5 Å². The van der Waals surface area contributed by atoms with Crippen LogP contribution in [0.3, 0.4) is 0 Å². The highest BCUT2D eigenvalue weighted by molar-refractivity contribution is 7.91. The van der Waals surface area contributed by atoms with E-state index in [0.29, 0.717) is 6.42 Å². The second kappa shape index (κ2) is 6.64. The molecule has 0 saturated carbocycles. The van der Waals surface area contributed by atoms with Crippen molar-refractivity contribution in [1.82, 2.24) is 10.3 Å². The van der Waals surface area contributed by atoms with Crippen LogP contribution >= 0.6 is 11.3 Å². The van der Waals surface area contributed by atoms with Gasteiger partial charge in [0.2, 0.25) is 5.91 Å². The zero-order valence-electron chi connectivity index (χ0n) is 13.3. The Morgan fingerprint density at radius 1 is 1.46 bits per heavy atom. The molecule has 1 saturated heterocycles. The van der Waals surface area contributed by atoms with Crippen LogP contribution in [0, 0.1) is 0 Å². The fourth-order valence-electron chi connectivity index (χ4n) is 2.88. The van der Waals surface area contributed by atoms with Crippen molar-refractivity contribution in [2.24, 2.45) is 5.10 Å². The van der Waals surface area contributed by atoms with E-state index in [2.05, 4.69) is 10.4 Å². The van der Waals surface area contributed by atoms with E-state index in [1.54, 1.807) is 11.3 Å². The maximum absolute atomic E-state index is 12.4. The number of thiophene rings is 1. The summed E-state index contributed by atoms with van der Waals surface area (Å²) in [6, 6.07) is 3.26. The molecule has 0 aromatic carbocycles. The number of amides is 2. The van der Waals surface area contributed by atoms with E-state index in [9.17, 15) is 18.0 Å². The van der Waals surface area contributed by atoms with Crippen LogP contribution in [0.25, 0.3) is 0 Å². The molecule has 3 heterocycles. The second-order valence-electron chi connectivity index (χ2n) is 6.05. The average Bonchev–Trinajstić information content (AvgIpc) is 3.17. The van der Waals surface area contributed by atoms with Crippen molar-refractivity contribution in [3.8, 4) is 0 Å². The van der Waals surface area contributed by atoms with Gasteiger partial charge in [-0.05, 0) is 24.8 Å². The number of hydrazone groups is 1. The minimum atomic E-state index is -3.12. The largest absolute Gasteiger partial charge is 0.344 e. The Kier molecular flexibility index (Phi) is 4.73. The molecule has 130 valence electrons.